The molecule has 140 valence electrons. The predicted molar refractivity (Wildman–Crippen MR) is 108 cm³/mol. The summed E-state index contributed by atoms with van der Waals surface area (Å²) in [5.41, 5.74) is 4.29. The Morgan fingerprint density at radius 1 is 1.19 bits per heavy atom. The molecule has 27 heavy (non-hydrogen) atoms. The molecule has 7 heteroatoms. The molecule has 1 aliphatic rings. The van der Waals surface area contributed by atoms with E-state index >= 15 is 0 Å². The van der Waals surface area contributed by atoms with Gasteiger partial charge in [0.25, 0.3) is 0 Å². The lowest BCUT2D eigenvalue weighted by Crippen LogP contribution is -2.37. The maximum absolute atomic E-state index is 12.8. The van der Waals surface area contributed by atoms with Crippen LogP contribution >= 0.6 is 22.7 Å². The molecule has 3 aromatic rings. The first-order valence-electron chi connectivity index (χ1n) is 8.66. The lowest BCUT2D eigenvalue weighted by molar-refractivity contribution is -0.131. The Morgan fingerprint density at radius 2 is 1.96 bits per heavy atom. The fraction of sp³-hybridized carbons (Fsp3) is 0.300. The first-order chi connectivity index (χ1) is 13.2. The Morgan fingerprint density at radius 3 is 2.67 bits per heavy atom. The Hall–Kier alpha value is -2.38. The number of methoxy groups -OCH3 is 2. The average Bonchev–Trinajstić information content (AvgIpc) is 3.38. The summed E-state index contributed by atoms with van der Waals surface area (Å²) in [6.45, 7) is 1.30. The van der Waals surface area contributed by atoms with Crippen LogP contribution in [-0.2, 0) is 24.2 Å². The zero-order valence-electron chi connectivity index (χ0n) is 15.2. The van der Waals surface area contributed by atoms with Crippen molar-refractivity contribution < 1.29 is 14.3 Å². The van der Waals surface area contributed by atoms with Crippen molar-refractivity contribution in [2.45, 2.75) is 19.4 Å². The van der Waals surface area contributed by atoms with Gasteiger partial charge >= 0.3 is 0 Å². The van der Waals surface area contributed by atoms with Crippen LogP contribution in [0.25, 0.3) is 10.6 Å². The minimum atomic E-state index is 0.109. The minimum absolute atomic E-state index is 0.109. The average molecular weight is 401 g/mol. The number of aromatic nitrogens is 1. The van der Waals surface area contributed by atoms with Gasteiger partial charge in [0.1, 0.15) is 5.01 Å². The molecular formula is C20H20N2O3S2. The van der Waals surface area contributed by atoms with Crippen LogP contribution in [0.1, 0.15) is 16.8 Å². The molecule has 0 fully saturated rings. The van der Waals surface area contributed by atoms with Gasteiger partial charge in [-0.15, -0.1) is 11.3 Å². The predicted octanol–water partition coefficient (Wildman–Crippen LogP) is 4.02. The van der Waals surface area contributed by atoms with E-state index in [1.54, 1.807) is 36.9 Å². The first kappa shape index (κ1) is 18.0. The molecule has 1 aromatic carbocycles. The van der Waals surface area contributed by atoms with E-state index in [9.17, 15) is 4.79 Å². The van der Waals surface area contributed by atoms with Gasteiger partial charge in [0.05, 0.1) is 26.3 Å². The van der Waals surface area contributed by atoms with Gasteiger partial charge in [0, 0.05) is 29.4 Å². The summed E-state index contributed by atoms with van der Waals surface area (Å²) in [5.74, 6) is 1.54. The molecule has 0 bridgehead atoms. The summed E-state index contributed by atoms with van der Waals surface area (Å²) in [6.07, 6.45) is 1.15. The van der Waals surface area contributed by atoms with Gasteiger partial charge in [0.15, 0.2) is 11.5 Å². The molecule has 4 rings (SSSR count). The van der Waals surface area contributed by atoms with Gasteiger partial charge in [0.2, 0.25) is 5.91 Å². The van der Waals surface area contributed by atoms with Gasteiger partial charge in [-0.05, 0) is 41.1 Å². The van der Waals surface area contributed by atoms with E-state index in [-0.39, 0.29) is 5.91 Å². The molecule has 3 heterocycles. The van der Waals surface area contributed by atoms with Crippen LogP contribution in [0.5, 0.6) is 11.5 Å². The number of hydrogen-bond donors (Lipinski definition) is 0. The highest BCUT2D eigenvalue weighted by molar-refractivity contribution is 7.14. The molecule has 1 amide bonds. The monoisotopic (exact) mass is 400 g/mol. The first-order valence-corrected chi connectivity index (χ1v) is 10.5. The minimum Gasteiger partial charge on any atom is -0.493 e. The summed E-state index contributed by atoms with van der Waals surface area (Å²) >= 11 is 3.24. The molecule has 0 spiro atoms. The van der Waals surface area contributed by atoms with Crippen molar-refractivity contribution in [2.24, 2.45) is 0 Å². The Labute approximate surface area is 166 Å². The molecule has 0 N–H and O–H groups in total. The molecule has 2 aromatic heterocycles. The fourth-order valence-electron chi connectivity index (χ4n) is 3.27. The Kier molecular flexibility index (Phi) is 5.13. The second-order valence-corrected chi connectivity index (χ2v) is 8.01. The van der Waals surface area contributed by atoms with Crippen LogP contribution in [-0.4, -0.2) is 36.6 Å². The molecule has 1 aliphatic heterocycles. The second kappa shape index (κ2) is 7.70. The highest BCUT2D eigenvalue weighted by Gasteiger charge is 2.23. The quantitative estimate of drug-likeness (QED) is 0.649. The lowest BCUT2D eigenvalue weighted by Gasteiger charge is -2.29. The number of ether oxygens (including phenoxy) is 2. The number of carbonyl (C=O) groups excluding carboxylic acids is 1. The van der Waals surface area contributed by atoms with Crippen molar-refractivity contribution >= 4 is 28.6 Å². The molecular weight excluding hydrogens is 380 g/mol. The fourth-order valence-corrected chi connectivity index (χ4v) is 4.80. The van der Waals surface area contributed by atoms with E-state index < -0.39 is 0 Å². The van der Waals surface area contributed by atoms with Crippen molar-refractivity contribution in [3.8, 4) is 22.1 Å². The summed E-state index contributed by atoms with van der Waals surface area (Å²) in [4.78, 5) is 19.3. The van der Waals surface area contributed by atoms with Crippen molar-refractivity contribution in [1.29, 1.82) is 0 Å². The Bertz CT molecular complexity index is 950. The summed E-state index contributed by atoms with van der Waals surface area (Å²) < 4.78 is 10.8. The number of amides is 1. The summed E-state index contributed by atoms with van der Waals surface area (Å²) in [5, 5.41) is 7.07. The van der Waals surface area contributed by atoms with Gasteiger partial charge in [-0.25, -0.2) is 4.98 Å². The Balaban J connectivity index is 1.46. The topological polar surface area (TPSA) is 51.7 Å². The number of thiophene rings is 1. The van der Waals surface area contributed by atoms with Crippen molar-refractivity contribution in [3.63, 3.8) is 0 Å². The van der Waals surface area contributed by atoms with Crippen LogP contribution in [0.2, 0.25) is 0 Å². The molecule has 0 aliphatic carbocycles. The van der Waals surface area contributed by atoms with Gasteiger partial charge in [-0.1, -0.05) is 0 Å². The van der Waals surface area contributed by atoms with Crippen molar-refractivity contribution in [3.05, 3.63) is 51.2 Å². The highest BCUT2D eigenvalue weighted by Crippen LogP contribution is 2.33. The van der Waals surface area contributed by atoms with E-state index in [0.717, 1.165) is 34.0 Å². The smallest absolute Gasteiger partial charge is 0.228 e. The maximum Gasteiger partial charge on any atom is 0.228 e. The number of fused-ring (bicyclic) bond motifs is 1. The van der Waals surface area contributed by atoms with Crippen LogP contribution in [0.3, 0.4) is 0 Å². The lowest BCUT2D eigenvalue weighted by atomic mass is 9.98. The number of carbonyl (C=O) groups is 1. The normalized spacial score (nSPS) is 13.3. The highest BCUT2D eigenvalue weighted by atomic mass is 32.1. The molecule has 0 unspecified atom stereocenters. The third-order valence-electron chi connectivity index (χ3n) is 4.72. The number of thiazole rings is 1. The third kappa shape index (κ3) is 3.70. The van der Waals surface area contributed by atoms with E-state index in [4.69, 9.17) is 9.47 Å². The van der Waals surface area contributed by atoms with E-state index in [2.05, 4.69) is 16.4 Å². The van der Waals surface area contributed by atoms with Gasteiger partial charge in [-0.2, -0.15) is 11.3 Å². The number of hydrogen-bond acceptors (Lipinski definition) is 6. The van der Waals surface area contributed by atoms with Crippen molar-refractivity contribution in [2.75, 3.05) is 20.8 Å². The van der Waals surface area contributed by atoms with Crippen LogP contribution < -0.4 is 9.47 Å². The zero-order valence-corrected chi connectivity index (χ0v) is 16.9. The number of benzene rings is 1. The maximum atomic E-state index is 12.8. The standard InChI is InChI=1S/C20H20N2O3S2/c1-24-17-7-13-3-5-22(10-15(13)8-18(17)25-2)19(23)9-16-12-27-20(21-16)14-4-6-26-11-14/h4,6-8,11-12H,3,5,9-10H2,1-2H3. The number of nitrogens with zero attached hydrogens (tertiary/aromatic N) is 2. The molecule has 0 saturated carbocycles. The van der Waals surface area contributed by atoms with E-state index in [1.807, 2.05) is 27.8 Å². The van der Waals surface area contributed by atoms with E-state index in [0.29, 0.717) is 25.3 Å². The number of rotatable bonds is 5. The summed E-state index contributed by atoms with van der Waals surface area (Å²) in [7, 11) is 3.27. The third-order valence-corrected chi connectivity index (χ3v) is 6.35. The second-order valence-electron chi connectivity index (χ2n) is 6.37. The molecule has 0 atom stereocenters. The van der Waals surface area contributed by atoms with Crippen LogP contribution in [0.4, 0.5) is 0 Å². The molecule has 0 radical (unpaired) electrons. The largest absolute Gasteiger partial charge is 0.493 e. The SMILES string of the molecule is COc1cc2c(cc1OC)CN(C(=O)Cc1csc(-c3ccsc3)n1)CC2. The summed E-state index contributed by atoms with van der Waals surface area (Å²) in [6, 6.07) is 6.05. The van der Waals surface area contributed by atoms with Gasteiger partial charge < -0.3 is 14.4 Å². The van der Waals surface area contributed by atoms with Gasteiger partial charge in [-0.3, -0.25) is 4.79 Å². The zero-order chi connectivity index (χ0) is 18.8. The van der Waals surface area contributed by atoms with Crippen LogP contribution in [0.15, 0.2) is 34.3 Å². The molecule has 5 nitrogen and oxygen atoms in total. The van der Waals surface area contributed by atoms with E-state index in [1.165, 1.54) is 5.56 Å². The van der Waals surface area contributed by atoms with Crippen molar-refractivity contribution in [1.82, 2.24) is 9.88 Å². The van der Waals surface area contributed by atoms with Crippen LogP contribution in [0, 0.1) is 0 Å². The molecule has 0 saturated heterocycles.